The normalized spacial score (nSPS) is 25.8. The number of nitrogens with one attached hydrogen (secondary N) is 2. The van der Waals surface area contributed by atoms with E-state index in [4.69, 9.17) is 31.3 Å². The van der Waals surface area contributed by atoms with Gasteiger partial charge in [0.25, 0.3) is 0 Å². The van der Waals surface area contributed by atoms with Crippen molar-refractivity contribution in [3.8, 4) is 28.4 Å². The summed E-state index contributed by atoms with van der Waals surface area (Å²) in [6, 6.07) is 9.14. The van der Waals surface area contributed by atoms with Crippen molar-refractivity contribution in [3.63, 3.8) is 0 Å². The Morgan fingerprint density at radius 1 is 1.04 bits per heavy atom. The first-order chi connectivity index (χ1) is 23.9. The summed E-state index contributed by atoms with van der Waals surface area (Å²) in [4.78, 5) is 19.6. The maximum atomic E-state index is 14.9. The van der Waals surface area contributed by atoms with Crippen molar-refractivity contribution in [1.82, 2.24) is 35.4 Å². The number of piperazine rings is 1. The molecular formula is C37H37ClF2N8O. The number of pyridine rings is 1. The number of H-pyrrole nitrogens is 1. The van der Waals surface area contributed by atoms with Crippen molar-refractivity contribution in [2.75, 3.05) is 38.2 Å². The second kappa shape index (κ2) is 11.0. The zero-order valence-corrected chi connectivity index (χ0v) is 28.0. The lowest BCUT2D eigenvalue weighted by Crippen LogP contribution is -2.51. The fraction of sp³-hybridized carbons (Fsp3) is 0.459. The van der Waals surface area contributed by atoms with Gasteiger partial charge in [-0.2, -0.15) is 15.1 Å². The maximum absolute atomic E-state index is 14.9. The average Bonchev–Trinajstić information content (AvgIpc) is 3.48. The van der Waals surface area contributed by atoms with Crippen LogP contribution in [0.15, 0.2) is 36.7 Å². The molecule has 12 heteroatoms. The van der Waals surface area contributed by atoms with Crippen LogP contribution in [0, 0.1) is 5.82 Å². The zero-order chi connectivity index (χ0) is 33.0. The highest BCUT2D eigenvalue weighted by atomic mass is 35.5. The summed E-state index contributed by atoms with van der Waals surface area (Å²) in [5, 5.41) is 13.6. The van der Waals surface area contributed by atoms with Gasteiger partial charge in [-0.1, -0.05) is 17.7 Å². The molecule has 252 valence electrons. The van der Waals surface area contributed by atoms with Gasteiger partial charge in [-0.15, -0.1) is 0 Å². The number of aromatic nitrogens is 5. The minimum absolute atomic E-state index is 0.0915. The molecule has 2 aliphatic carbocycles. The molecule has 0 amide bonds. The summed E-state index contributed by atoms with van der Waals surface area (Å²) in [7, 11) is 1.63. The van der Waals surface area contributed by atoms with Crippen molar-refractivity contribution >= 4 is 39.1 Å². The lowest BCUT2D eigenvalue weighted by molar-refractivity contribution is 0.292. The summed E-state index contributed by atoms with van der Waals surface area (Å²) >= 11 is 6.69. The van der Waals surface area contributed by atoms with Crippen molar-refractivity contribution in [3.05, 3.63) is 58.8 Å². The van der Waals surface area contributed by atoms with Crippen molar-refractivity contribution in [1.29, 1.82) is 0 Å². The summed E-state index contributed by atoms with van der Waals surface area (Å²) in [6.45, 7) is 3.66. The van der Waals surface area contributed by atoms with Crippen LogP contribution in [0.2, 0.25) is 5.02 Å². The van der Waals surface area contributed by atoms with Gasteiger partial charge < -0.3 is 15.0 Å². The van der Waals surface area contributed by atoms with Crippen LogP contribution in [0.5, 0.6) is 6.01 Å². The molecule has 2 bridgehead atoms. The molecule has 4 saturated heterocycles. The van der Waals surface area contributed by atoms with E-state index in [1.165, 1.54) is 31.7 Å². The Morgan fingerprint density at radius 3 is 2.65 bits per heavy atom. The number of rotatable bonds is 3. The average molecular weight is 683 g/mol. The van der Waals surface area contributed by atoms with E-state index in [9.17, 15) is 8.78 Å². The molecule has 11 rings (SSSR count). The van der Waals surface area contributed by atoms with Crippen LogP contribution in [0.3, 0.4) is 0 Å². The molecule has 9 nitrogen and oxygen atoms in total. The van der Waals surface area contributed by atoms with Crippen LogP contribution < -0.4 is 15.0 Å². The molecule has 0 radical (unpaired) electrons. The molecule has 2 N–H and O–H groups in total. The second-order valence-electron chi connectivity index (χ2n) is 14.6. The van der Waals surface area contributed by atoms with Crippen LogP contribution in [0.4, 0.5) is 14.6 Å². The Balaban J connectivity index is 0.000000294. The lowest BCUT2D eigenvalue weighted by Gasteiger charge is -2.34. The van der Waals surface area contributed by atoms with Gasteiger partial charge in [0, 0.05) is 71.3 Å². The minimum Gasteiger partial charge on any atom is -0.467 e. The number of hydrogen-bond acceptors (Lipinski definition) is 8. The van der Waals surface area contributed by atoms with Gasteiger partial charge in [-0.3, -0.25) is 15.0 Å². The fourth-order valence-corrected chi connectivity index (χ4v) is 9.76. The number of methoxy groups -OCH3 is 1. The third-order valence-corrected chi connectivity index (χ3v) is 12.2. The van der Waals surface area contributed by atoms with E-state index in [1.54, 1.807) is 19.4 Å². The van der Waals surface area contributed by atoms with Gasteiger partial charge in [0.05, 0.1) is 35.2 Å². The third kappa shape index (κ3) is 4.54. The van der Waals surface area contributed by atoms with E-state index >= 15 is 0 Å². The van der Waals surface area contributed by atoms with Gasteiger partial charge in [-0.25, -0.2) is 8.78 Å². The number of nitrogens with zero attached hydrogens (tertiary/aromatic N) is 6. The van der Waals surface area contributed by atoms with Crippen LogP contribution in [-0.2, 0) is 5.41 Å². The highest BCUT2D eigenvalue weighted by Gasteiger charge is 2.57. The fourth-order valence-electron chi connectivity index (χ4n) is 9.50. The molecule has 5 fully saturated rings. The van der Waals surface area contributed by atoms with E-state index in [0.717, 1.165) is 94.6 Å². The molecular weight excluding hydrogens is 646 g/mol. The Morgan fingerprint density at radius 2 is 1.88 bits per heavy atom. The lowest BCUT2D eigenvalue weighted by atomic mass is 9.88. The second-order valence-corrected chi connectivity index (χ2v) is 15.0. The zero-order valence-electron chi connectivity index (χ0n) is 27.3. The largest absolute Gasteiger partial charge is 0.467 e. The summed E-state index contributed by atoms with van der Waals surface area (Å²) in [5.41, 5.74) is 6.41. The highest BCUT2D eigenvalue weighted by Crippen LogP contribution is 2.65. The molecule has 3 aromatic heterocycles. The van der Waals surface area contributed by atoms with Gasteiger partial charge in [0.1, 0.15) is 17.8 Å². The number of ether oxygens (including phenoxy) is 1. The molecule has 4 aliphatic heterocycles. The molecule has 5 aromatic rings. The Kier molecular flexibility index (Phi) is 6.74. The quantitative estimate of drug-likeness (QED) is 0.221. The van der Waals surface area contributed by atoms with E-state index < -0.39 is 12.0 Å². The number of benzene rings is 2. The maximum Gasteiger partial charge on any atom is 0.318 e. The van der Waals surface area contributed by atoms with Crippen LogP contribution in [0.25, 0.3) is 44.1 Å². The first-order valence-electron chi connectivity index (χ1n) is 17.5. The first kappa shape index (κ1) is 29.9. The van der Waals surface area contributed by atoms with E-state index in [-0.39, 0.29) is 10.4 Å². The Hall–Kier alpha value is -3.93. The van der Waals surface area contributed by atoms with E-state index in [2.05, 4.69) is 31.4 Å². The number of hydrogen-bond donors (Lipinski definition) is 2. The van der Waals surface area contributed by atoms with Crippen LogP contribution in [0.1, 0.15) is 56.2 Å². The summed E-state index contributed by atoms with van der Waals surface area (Å²) in [5.74, 6) is 0.472. The predicted octanol–water partition coefficient (Wildman–Crippen LogP) is 6.56. The molecule has 4 unspecified atom stereocenters. The van der Waals surface area contributed by atoms with Crippen LogP contribution in [-0.4, -0.2) is 87.6 Å². The number of fused-ring (bicyclic) bond motifs is 10. The van der Waals surface area contributed by atoms with Crippen molar-refractivity contribution < 1.29 is 13.5 Å². The SMILES string of the molecule is COc1nc(N2CC3CCC(C2)N3)c2c(n1)C1(CC1)c1c-2ccnc1-c1c2cn[nH]c2cc2ccc(F)c(Cl)c12.FC1CC2CCCN2C1. The van der Waals surface area contributed by atoms with Crippen molar-refractivity contribution in [2.24, 2.45) is 0 Å². The Bertz CT molecular complexity index is 2130. The molecule has 1 spiro atoms. The molecule has 2 aromatic carbocycles. The number of anilines is 1. The molecule has 49 heavy (non-hydrogen) atoms. The predicted molar refractivity (Wildman–Crippen MR) is 186 cm³/mol. The minimum atomic E-state index is -0.518. The number of aromatic amines is 1. The van der Waals surface area contributed by atoms with Crippen molar-refractivity contribution in [2.45, 2.75) is 74.7 Å². The molecule has 7 heterocycles. The number of halogens is 3. The molecule has 6 aliphatic rings. The van der Waals surface area contributed by atoms with Gasteiger partial charge in [0.15, 0.2) is 0 Å². The number of alkyl halides is 1. The van der Waals surface area contributed by atoms with E-state index in [1.807, 2.05) is 12.3 Å². The van der Waals surface area contributed by atoms with Gasteiger partial charge >= 0.3 is 6.01 Å². The summed E-state index contributed by atoms with van der Waals surface area (Å²) < 4.78 is 33.2. The molecule has 1 saturated carbocycles. The van der Waals surface area contributed by atoms with Gasteiger partial charge in [0.2, 0.25) is 0 Å². The molecule has 4 atom stereocenters. The smallest absolute Gasteiger partial charge is 0.318 e. The monoisotopic (exact) mass is 682 g/mol. The van der Waals surface area contributed by atoms with E-state index in [0.29, 0.717) is 36.1 Å². The topological polar surface area (TPSA) is 95.1 Å². The standard InChI is InChI=1S/C30H25ClFN7O.C7H12FN/c1-40-29-36-27-23(28(37-29)39-12-15-3-4-16(13-39)35-15)17-6-9-33-26(24(17)30(27)7-8-30)22-18-11-34-38-20(18)10-14-2-5-19(32)25(31)21(14)22;8-6-4-7-2-1-3-9(7)5-6/h2,5-6,9-11,15-16,35H,3-4,7-8,12-13H2,1H3,(H,34,38);6-7H,1-5H2. The summed E-state index contributed by atoms with van der Waals surface area (Å²) in [6.07, 6.45) is 10.7. The van der Waals surface area contributed by atoms with Crippen LogP contribution >= 0.6 is 11.6 Å². The third-order valence-electron chi connectivity index (χ3n) is 11.8. The first-order valence-corrected chi connectivity index (χ1v) is 17.9. The Labute approximate surface area is 287 Å². The van der Waals surface area contributed by atoms with Gasteiger partial charge in [-0.05, 0) is 86.2 Å². The highest BCUT2D eigenvalue weighted by molar-refractivity contribution is 6.38.